The van der Waals surface area contributed by atoms with Crippen LogP contribution in [0.1, 0.15) is 35.2 Å². The molecular formula is C21H22N2O5. The van der Waals surface area contributed by atoms with Gasteiger partial charge in [0.25, 0.3) is 5.91 Å². The highest BCUT2D eigenvalue weighted by molar-refractivity contribution is 5.97. The maximum absolute atomic E-state index is 12.9. The molecule has 0 aromatic heterocycles. The van der Waals surface area contributed by atoms with Crippen LogP contribution in [0.15, 0.2) is 54.6 Å². The summed E-state index contributed by atoms with van der Waals surface area (Å²) in [4.78, 5) is 37.8. The molecule has 1 aliphatic heterocycles. The number of rotatable bonds is 6. The Morgan fingerprint density at radius 1 is 1.14 bits per heavy atom. The molecule has 0 saturated carbocycles. The van der Waals surface area contributed by atoms with Gasteiger partial charge in [-0.25, -0.2) is 14.8 Å². The first-order valence-electron chi connectivity index (χ1n) is 9.03. The fraction of sp³-hybridized carbons (Fsp3) is 0.286. The minimum absolute atomic E-state index is 0.0157. The second kappa shape index (κ2) is 8.12. The van der Waals surface area contributed by atoms with E-state index in [1.165, 1.54) is 5.01 Å². The molecule has 146 valence electrons. The molecule has 1 fully saturated rings. The van der Waals surface area contributed by atoms with E-state index in [-0.39, 0.29) is 18.9 Å². The van der Waals surface area contributed by atoms with E-state index in [1.54, 1.807) is 68.6 Å². The first-order valence-corrected chi connectivity index (χ1v) is 9.03. The van der Waals surface area contributed by atoms with Crippen molar-refractivity contribution in [1.82, 2.24) is 10.0 Å². The van der Waals surface area contributed by atoms with Gasteiger partial charge in [-0.05, 0) is 36.8 Å². The van der Waals surface area contributed by atoms with Crippen LogP contribution in [0, 0.1) is 0 Å². The summed E-state index contributed by atoms with van der Waals surface area (Å²) in [6, 6.07) is 14.3. The van der Waals surface area contributed by atoms with Crippen LogP contribution in [0.5, 0.6) is 5.75 Å². The van der Waals surface area contributed by atoms with Crippen LogP contribution in [0.3, 0.4) is 0 Å². The Kier molecular flexibility index (Phi) is 5.63. The number of carboxylic acid groups (broad SMARTS) is 1. The average Bonchev–Trinajstić information content (AvgIpc) is 3.06. The fourth-order valence-electron chi connectivity index (χ4n) is 3.56. The minimum atomic E-state index is -1.16. The van der Waals surface area contributed by atoms with Gasteiger partial charge < -0.3 is 9.84 Å². The Morgan fingerprint density at radius 3 is 2.32 bits per heavy atom. The van der Waals surface area contributed by atoms with E-state index in [4.69, 9.17) is 4.74 Å². The lowest BCUT2D eigenvalue weighted by atomic mass is 9.92. The van der Waals surface area contributed by atoms with Gasteiger partial charge in [-0.15, -0.1) is 0 Å². The van der Waals surface area contributed by atoms with Crippen LogP contribution in [0.25, 0.3) is 0 Å². The molecule has 7 heteroatoms. The van der Waals surface area contributed by atoms with Crippen LogP contribution < -0.4 is 4.74 Å². The summed E-state index contributed by atoms with van der Waals surface area (Å²) in [6.07, 6.45) is 0.0157. The second-order valence-electron chi connectivity index (χ2n) is 6.49. The molecule has 0 aliphatic carbocycles. The number of methoxy groups -OCH3 is 1. The molecule has 1 saturated heterocycles. The molecule has 0 bridgehead atoms. The molecule has 0 unspecified atom stereocenters. The van der Waals surface area contributed by atoms with Crippen LogP contribution in [-0.4, -0.2) is 52.6 Å². The Hall–Kier alpha value is -3.35. The Bertz CT molecular complexity index is 866. The normalized spacial score (nSPS) is 18.8. The molecule has 1 N–H and O–H groups in total. The summed E-state index contributed by atoms with van der Waals surface area (Å²) in [6.45, 7) is 1.90. The van der Waals surface area contributed by atoms with Crippen LogP contribution in [0.4, 0.5) is 0 Å². The van der Waals surface area contributed by atoms with Crippen molar-refractivity contribution >= 4 is 17.8 Å². The number of carbonyl (C=O) groups is 3. The quantitative estimate of drug-likeness (QED) is 0.830. The van der Waals surface area contributed by atoms with Gasteiger partial charge in [0.05, 0.1) is 7.11 Å². The van der Waals surface area contributed by atoms with Crippen molar-refractivity contribution in [2.75, 3.05) is 13.7 Å². The summed E-state index contributed by atoms with van der Waals surface area (Å²) >= 11 is 0. The highest BCUT2D eigenvalue weighted by Gasteiger charge is 2.48. The zero-order valence-electron chi connectivity index (χ0n) is 15.7. The van der Waals surface area contributed by atoms with Gasteiger partial charge in [0.2, 0.25) is 5.91 Å². The Balaban J connectivity index is 1.95. The van der Waals surface area contributed by atoms with Crippen molar-refractivity contribution in [3.8, 4) is 5.75 Å². The topological polar surface area (TPSA) is 87.2 Å². The molecule has 2 amide bonds. The number of benzene rings is 2. The predicted molar refractivity (Wildman–Crippen MR) is 102 cm³/mol. The lowest BCUT2D eigenvalue weighted by Gasteiger charge is -2.35. The zero-order valence-corrected chi connectivity index (χ0v) is 15.7. The van der Waals surface area contributed by atoms with E-state index < -0.39 is 23.8 Å². The highest BCUT2D eigenvalue weighted by Crippen LogP contribution is 2.36. The monoisotopic (exact) mass is 382 g/mol. The number of aliphatic carboxylic acids is 1. The molecule has 2 atom stereocenters. The van der Waals surface area contributed by atoms with Gasteiger partial charge in [-0.3, -0.25) is 9.59 Å². The molecule has 2 aromatic carbocycles. The van der Waals surface area contributed by atoms with E-state index in [0.29, 0.717) is 16.9 Å². The number of hydrazine groups is 1. The highest BCUT2D eigenvalue weighted by atomic mass is 16.5. The van der Waals surface area contributed by atoms with E-state index >= 15 is 0 Å². The molecule has 2 aromatic rings. The maximum Gasteiger partial charge on any atom is 0.329 e. The van der Waals surface area contributed by atoms with Crippen molar-refractivity contribution < 1.29 is 24.2 Å². The van der Waals surface area contributed by atoms with Crippen molar-refractivity contribution in [3.05, 3.63) is 65.7 Å². The van der Waals surface area contributed by atoms with Gasteiger partial charge in [0.1, 0.15) is 5.75 Å². The van der Waals surface area contributed by atoms with Crippen LogP contribution in [-0.2, 0) is 9.59 Å². The molecule has 1 aliphatic rings. The SMILES string of the molecule is CCN(C(=O)c1ccccc1)N1C(=O)C[C@@H](c2ccc(OC)cc2)[C@@H]1C(=O)O. The van der Waals surface area contributed by atoms with E-state index in [2.05, 4.69) is 0 Å². The third-order valence-corrected chi connectivity index (χ3v) is 4.91. The standard InChI is InChI=1S/C21H22N2O5/c1-3-22(20(25)15-7-5-4-6-8-15)23-18(24)13-17(19(23)21(26)27)14-9-11-16(28-2)12-10-14/h4-12,17,19H,3,13H2,1-2H3,(H,26,27)/t17-,19+/m0/s1. The first-order chi connectivity index (χ1) is 13.5. The Morgan fingerprint density at radius 2 is 1.79 bits per heavy atom. The third kappa shape index (κ3) is 3.55. The summed E-state index contributed by atoms with van der Waals surface area (Å²) in [7, 11) is 1.55. The third-order valence-electron chi connectivity index (χ3n) is 4.91. The summed E-state index contributed by atoms with van der Waals surface area (Å²) in [5.74, 6) is -1.86. The lowest BCUT2D eigenvalue weighted by Crippen LogP contribution is -2.54. The largest absolute Gasteiger partial charge is 0.497 e. The van der Waals surface area contributed by atoms with Gasteiger partial charge in [-0.2, -0.15) is 0 Å². The van der Waals surface area contributed by atoms with E-state index in [9.17, 15) is 19.5 Å². The predicted octanol–water partition coefficient (Wildman–Crippen LogP) is 2.54. The number of hydrogen-bond donors (Lipinski definition) is 1. The number of carbonyl (C=O) groups excluding carboxylic acids is 2. The summed E-state index contributed by atoms with van der Waals surface area (Å²) < 4.78 is 5.14. The number of carboxylic acids is 1. The van der Waals surface area contributed by atoms with Gasteiger partial charge in [-0.1, -0.05) is 30.3 Å². The van der Waals surface area contributed by atoms with Crippen molar-refractivity contribution in [2.45, 2.75) is 25.3 Å². The minimum Gasteiger partial charge on any atom is -0.497 e. The summed E-state index contributed by atoms with van der Waals surface area (Å²) in [5, 5.41) is 12.2. The first kappa shape index (κ1) is 19.4. The fourth-order valence-corrected chi connectivity index (χ4v) is 3.56. The Labute approximate surface area is 163 Å². The second-order valence-corrected chi connectivity index (χ2v) is 6.49. The number of nitrogens with zero attached hydrogens (tertiary/aromatic N) is 2. The lowest BCUT2D eigenvalue weighted by molar-refractivity contribution is -0.157. The molecule has 3 rings (SSSR count). The van der Waals surface area contributed by atoms with E-state index in [1.807, 2.05) is 0 Å². The summed E-state index contributed by atoms with van der Waals surface area (Å²) in [5.41, 5.74) is 1.11. The zero-order chi connectivity index (χ0) is 20.3. The van der Waals surface area contributed by atoms with Gasteiger partial charge in [0.15, 0.2) is 6.04 Å². The van der Waals surface area contributed by atoms with Gasteiger partial charge >= 0.3 is 5.97 Å². The van der Waals surface area contributed by atoms with Crippen LogP contribution >= 0.6 is 0 Å². The van der Waals surface area contributed by atoms with Crippen LogP contribution in [0.2, 0.25) is 0 Å². The van der Waals surface area contributed by atoms with E-state index in [0.717, 1.165) is 5.01 Å². The van der Waals surface area contributed by atoms with Gasteiger partial charge in [0, 0.05) is 24.4 Å². The van der Waals surface area contributed by atoms with Crippen molar-refractivity contribution in [3.63, 3.8) is 0 Å². The van der Waals surface area contributed by atoms with Crippen molar-refractivity contribution in [1.29, 1.82) is 0 Å². The van der Waals surface area contributed by atoms with Crippen molar-refractivity contribution in [2.24, 2.45) is 0 Å². The molecule has 0 spiro atoms. The molecule has 1 heterocycles. The number of hydrogen-bond acceptors (Lipinski definition) is 4. The smallest absolute Gasteiger partial charge is 0.329 e. The average molecular weight is 382 g/mol. The molecule has 7 nitrogen and oxygen atoms in total. The maximum atomic E-state index is 12.9. The molecular weight excluding hydrogens is 360 g/mol. The molecule has 28 heavy (non-hydrogen) atoms. The number of amides is 2. The number of ether oxygens (including phenoxy) is 1. The molecule has 0 radical (unpaired) electrons.